The van der Waals surface area contributed by atoms with E-state index in [2.05, 4.69) is 0 Å². The molecule has 3 rings (SSSR count). The van der Waals surface area contributed by atoms with Crippen molar-refractivity contribution < 1.29 is 23.5 Å². The molecular formula is C18H15O6-. The van der Waals surface area contributed by atoms with E-state index in [0.717, 1.165) is 12.0 Å². The Hall–Kier alpha value is -3.02. The molecule has 0 N–H and O–H groups in total. The van der Waals surface area contributed by atoms with Gasteiger partial charge in [-0.2, -0.15) is 0 Å². The maximum atomic E-state index is 12.8. The van der Waals surface area contributed by atoms with Crippen LogP contribution in [0.15, 0.2) is 50.2 Å². The van der Waals surface area contributed by atoms with Gasteiger partial charge in [-0.05, 0) is 43.2 Å². The van der Waals surface area contributed by atoms with E-state index < -0.39 is 17.5 Å². The van der Waals surface area contributed by atoms with Crippen LogP contribution in [0.25, 0.3) is 22.5 Å². The minimum Gasteiger partial charge on any atom is -0.546 e. The zero-order chi connectivity index (χ0) is 17.3. The molecule has 0 aliphatic carbocycles. The molecule has 3 aromatic rings. The number of ether oxygens (including phenoxy) is 1. The number of hydrogen-bond donors (Lipinski definition) is 0. The van der Waals surface area contributed by atoms with Gasteiger partial charge in [0.25, 0.3) is 0 Å². The molecule has 0 aliphatic rings. The SMILES string of the molecule is CCc1ccc2oc(-c3ccco3)c(OC(C)C(=O)[O-])c(=O)c2c1. The minimum absolute atomic E-state index is 0.0508. The Morgan fingerprint density at radius 3 is 2.75 bits per heavy atom. The van der Waals surface area contributed by atoms with Crippen LogP contribution < -0.4 is 15.3 Å². The van der Waals surface area contributed by atoms with E-state index in [-0.39, 0.29) is 17.3 Å². The summed E-state index contributed by atoms with van der Waals surface area (Å²) in [4.78, 5) is 23.8. The quantitative estimate of drug-likeness (QED) is 0.713. The molecule has 0 spiro atoms. The number of benzene rings is 1. The Bertz CT molecular complexity index is 936. The third-order valence-corrected chi connectivity index (χ3v) is 3.69. The third kappa shape index (κ3) is 2.78. The van der Waals surface area contributed by atoms with E-state index in [1.165, 1.54) is 13.2 Å². The van der Waals surface area contributed by atoms with Gasteiger partial charge in [0.05, 0.1) is 17.6 Å². The van der Waals surface area contributed by atoms with Crippen LogP contribution >= 0.6 is 0 Å². The van der Waals surface area contributed by atoms with Gasteiger partial charge in [0.15, 0.2) is 5.76 Å². The average molecular weight is 327 g/mol. The highest BCUT2D eigenvalue weighted by molar-refractivity contribution is 5.82. The lowest BCUT2D eigenvalue weighted by atomic mass is 10.1. The van der Waals surface area contributed by atoms with Crippen LogP contribution in [0.4, 0.5) is 0 Å². The van der Waals surface area contributed by atoms with E-state index in [9.17, 15) is 14.7 Å². The van der Waals surface area contributed by atoms with Gasteiger partial charge in [-0.1, -0.05) is 13.0 Å². The fourth-order valence-corrected chi connectivity index (χ4v) is 2.35. The molecule has 1 unspecified atom stereocenters. The molecule has 6 heteroatoms. The highest BCUT2D eigenvalue weighted by atomic mass is 16.5. The summed E-state index contributed by atoms with van der Waals surface area (Å²) in [6.07, 6.45) is 0.862. The number of carbonyl (C=O) groups excluding carboxylic acids is 1. The fraction of sp³-hybridized carbons (Fsp3) is 0.222. The lowest BCUT2D eigenvalue weighted by Crippen LogP contribution is -2.38. The number of hydrogen-bond acceptors (Lipinski definition) is 6. The summed E-state index contributed by atoms with van der Waals surface area (Å²) in [5.41, 5.74) is 0.877. The summed E-state index contributed by atoms with van der Waals surface area (Å²) in [5, 5.41) is 11.3. The summed E-state index contributed by atoms with van der Waals surface area (Å²) in [7, 11) is 0. The van der Waals surface area contributed by atoms with Crippen molar-refractivity contribution in [1.29, 1.82) is 0 Å². The monoisotopic (exact) mass is 327 g/mol. The molecule has 6 nitrogen and oxygen atoms in total. The highest BCUT2D eigenvalue weighted by Gasteiger charge is 2.22. The highest BCUT2D eigenvalue weighted by Crippen LogP contribution is 2.32. The van der Waals surface area contributed by atoms with Gasteiger partial charge in [0.1, 0.15) is 11.7 Å². The van der Waals surface area contributed by atoms with Crippen LogP contribution in [0.5, 0.6) is 5.75 Å². The van der Waals surface area contributed by atoms with Crippen molar-refractivity contribution in [1.82, 2.24) is 0 Å². The van der Waals surface area contributed by atoms with Crippen molar-refractivity contribution in [3.8, 4) is 17.3 Å². The molecule has 0 radical (unpaired) electrons. The standard InChI is InChI=1S/C18H16O6/c1-3-11-6-7-13-12(9-11)15(19)17(23-10(2)18(20)21)16(24-13)14-5-4-8-22-14/h4-10H,3H2,1-2H3,(H,20,21)/p-1. The predicted octanol–water partition coefficient (Wildman–Crippen LogP) is 2.13. The first-order valence-electron chi connectivity index (χ1n) is 7.52. The molecule has 1 atom stereocenters. The molecular weight excluding hydrogens is 312 g/mol. The van der Waals surface area contributed by atoms with Crippen LogP contribution in [0.2, 0.25) is 0 Å². The summed E-state index contributed by atoms with van der Waals surface area (Å²) in [6, 6.07) is 8.51. The van der Waals surface area contributed by atoms with E-state index in [1.807, 2.05) is 13.0 Å². The number of carboxylic acids is 1. The van der Waals surface area contributed by atoms with E-state index >= 15 is 0 Å². The molecule has 0 amide bonds. The lowest BCUT2D eigenvalue weighted by Gasteiger charge is -2.16. The smallest absolute Gasteiger partial charge is 0.235 e. The van der Waals surface area contributed by atoms with Crippen LogP contribution in [-0.2, 0) is 11.2 Å². The average Bonchev–Trinajstić information content (AvgIpc) is 3.11. The first-order chi connectivity index (χ1) is 11.5. The molecule has 2 aromatic heterocycles. The van der Waals surface area contributed by atoms with Crippen LogP contribution in [0.3, 0.4) is 0 Å². The first kappa shape index (κ1) is 15.9. The van der Waals surface area contributed by atoms with Crippen molar-refractivity contribution in [2.75, 3.05) is 0 Å². The topological polar surface area (TPSA) is 92.7 Å². The van der Waals surface area contributed by atoms with Crippen molar-refractivity contribution in [3.63, 3.8) is 0 Å². The second kappa shape index (κ2) is 6.23. The zero-order valence-corrected chi connectivity index (χ0v) is 13.2. The Morgan fingerprint density at radius 2 is 2.12 bits per heavy atom. The number of rotatable bonds is 5. The largest absolute Gasteiger partial charge is 0.546 e. The number of carboxylic acid groups (broad SMARTS) is 1. The maximum absolute atomic E-state index is 12.8. The normalized spacial score (nSPS) is 12.2. The summed E-state index contributed by atoms with van der Waals surface area (Å²) >= 11 is 0. The summed E-state index contributed by atoms with van der Waals surface area (Å²) in [6.45, 7) is 3.25. The summed E-state index contributed by atoms with van der Waals surface area (Å²) < 4.78 is 16.4. The number of aliphatic carboxylic acids is 1. The van der Waals surface area contributed by atoms with Crippen molar-refractivity contribution in [2.24, 2.45) is 0 Å². The molecule has 124 valence electrons. The van der Waals surface area contributed by atoms with Crippen LogP contribution in [0, 0.1) is 0 Å². The van der Waals surface area contributed by atoms with Gasteiger partial charge in [0, 0.05) is 0 Å². The van der Waals surface area contributed by atoms with Crippen LogP contribution in [-0.4, -0.2) is 12.1 Å². The first-order valence-corrected chi connectivity index (χ1v) is 7.52. The zero-order valence-electron chi connectivity index (χ0n) is 13.2. The van der Waals surface area contributed by atoms with Crippen molar-refractivity contribution in [3.05, 3.63) is 52.4 Å². The third-order valence-electron chi connectivity index (χ3n) is 3.69. The van der Waals surface area contributed by atoms with Crippen molar-refractivity contribution in [2.45, 2.75) is 26.4 Å². The Balaban J connectivity index is 2.27. The number of carbonyl (C=O) groups is 1. The maximum Gasteiger partial charge on any atom is 0.235 e. The molecule has 24 heavy (non-hydrogen) atoms. The number of fused-ring (bicyclic) bond motifs is 1. The predicted molar refractivity (Wildman–Crippen MR) is 84.7 cm³/mol. The summed E-state index contributed by atoms with van der Waals surface area (Å²) in [5.74, 6) is -1.31. The fourth-order valence-electron chi connectivity index (χ4n) is 2.35. The van der Waals surface area contributed by atoms with Gasteiger partial charge in [0.2, 0.25) is 16.9 Å². The van der Waals surface area contributed by atoms with E-state index in [4.69, 9.17) is 13.6 Å². The molecule has 0 aliphatic heterocycles. The van der Waals surface area contributed by atoms with Gasteiger partial charge >= 0.3 is 0 Å². The Labute approximate surface area is 137 Å². The Kier molecular flexibility index (Phi) is 4.12. The van der Waals surface area contributed by atoms with Crippen molar-refractivity contribution >= 4 is 16.9 Å². The molecule has 0 bridgehead atoms. The Morgan fingerprint density at radius 1 is 1.33 bits per heavy atom. The van der Waals surface area contributed by atoms with Gasteiger partial charge in [-0.3, -0.25) is 4.79 Å². The van der Waals surface area contributed by atoms with E-state index in [0.29, 0.717) is 11.0 Å². The second-order valence-corrected chi connectivity index (χ2v) is 5.33. The molecule has 2 heterocycles. The minimum atomic E-state index is -1.43. The molecule has 0 saturated heterocycles. The van der Waals surface area contributed by atoms with E-state index in [1.54, 1.807) is 24.3 Å². The molecule has 0 saturated carbocycles. The molecule has 1 aromatic carbocycles. The number of furan rings is 1. The second-order valence-electron chi connectivity index (χ2n) is 5.33. The molecule has 0 fully saturated rings. The van der Waals surface area contributed by atoms with Gasteiger partial charge < -0.3 is 23.5 Å². The number of aryl methyl sites for hydroxylation is 1. The van der Waals surface area contributed by atoms with Gasteiger partial charge in [-0.25, -0.2) is 0 Å². The van der Waals surface area contributed by atoms with Crippen LogP contribution in [0.1, 0.15) is 19.4 Å². The lowest BCUT2D eigenvalue weighted by molar-refractivity contribution is -0.312. The van der Waals surface area contributed by atoms with Gasteiger partial charge in [-0.15, -0.1) is 0 Å².